The molecule has 0 saturated carbocycles. The van der Waals surface area contributed by atoms with E-state index in [0.717, 1.165) is 0 Å². The van der Waals surface area contributed by atoms with Gasteiger partial charge in [-0.3, -0.25) is 9.78 Å². The number of aromatic nitrogens is 1. The highest BCUT2D eigenvalue weighted by Crippen LogP contribution is 2.24. The Balaban J connectivity index is 2.15. The minimum Gasteiger partial charge on any atom is -0.480 e. The standard InChI is InChI=1S/C14H11BrN2O4/c15-10-5-9(6-16-7-10)14(20)17-11-3-1-2-4-12(11)21-8-13(18)19/h1-7H,8H2,(H,17,20)(H,18,19). The number of pyridine rings is 1. The van der Waals surface area contributed by atoms with Crippen LogP contribution in [0.1, 0.15) is 10.4 Å². The maximum Gasteiger partial charge on any atom is 0.341 e. The third kappa shape index (κ3) is 4.28. The first-order chi connectivity index (χ1) is 10.1. The number of hydrogen-bond donors (Lipinski definition) is 2. The van der Waals surface area contributed by atoms with Crippen LogP contribution in [0, 0.1) is 0 Å². The molecule has 7 heteroatoms. The number of anilines is 1. The Bertz CT molecular complexity index is 676. The lowest BCUT2D eigenvalue weighted by Crippen LogP contribution is -2.15. The highest BCUT2D eigenvalue weighted by molar-refractivity contribution is 9.10. The highest BCUT2D eigenvalue weighted by Gasteiger charge is 2.11. The Labute approximate surface area is 128 Å². The average molecular weight is 351 g/mol. The van der Waals surface area contributed by atoms with Crippen LogP contribution in [0.3, 0.4) is 0 Å². The second-order valence-corrected chi connectivity index (χ2v) is 4.94. The Hall–Kier alpha value is -2.41. The number of hydrogen-bond acceptors (Lipinski definition) is 4. The molecule has 2 rings (SSSR count). The van der Waals surface area contributed by atoms with Gasteiger partial charge >= 0.3 is 5.97 Å². The number of nitrogens with zero attached hydrogens (tertiary/aromatic N) is 1. The van der Waals surface area contributed by atoms with Gasteiger partial charge in [-0.2, -0.15) is 0 Å². The van der Waals surface area contributed by atoms with Crippen molar-refractivity contribution in [1.29, 1.82) is 0 Å². The predicted octanol–water partition coefficient (Wildman–Crippen LogP) is 2.56. The summed E-state index contributed by atoms with van der Waals surface area (Å²) in [5.41, 5.74) is 0.765. The molecule has 2 aromatic rings. The van der Waals surface area contributed by atoms with Crippen molar-refractivity contribution >= 4 is 33.5 Å². The molecule has 0 aliphatic carbocycles. The van der Waals surface area contributed by atoms with E-state index in [1.165, 1.54) is 6.20 Å². The number of carbonyl (C=O) groups is 2. The fourth-order valence-electron chi connectivity index (χ4n) is 1.57. The Morgan fingerprint density at radius 1 is 1.29 bits per heavy atom. The zero-order valence-corrected chi connectivity index (χ0v) is 12.3. The zero-order valence-electron chi connectivity index (χ0n) is 10.7. The summed E-state index contributed by atoms with van der Waals surface area (Å²) >= 11 is 3.24. The maximum absolute atomic E-state index is 12.1. The van der Waals surface area contributed by atoms with Crippen LogP contribution in [0.25, 0.3) is 0 Å². The third-order valence-corrected chi connectivity index (χ3v) is 2.89. The van der Waals surface area contributed by atoms with Crippen molar-refractivity contribution in [2.24, 2.45) is 0 Å². The van der Waals surface area contributed by atoms with Crippen molar-refractivity contribution in [2.75, 3.05) is 11.9 Å². The first-order valence-electron chi connectivity index (χ1n) is 5.92. The number of benzene rings is 1. The highest BCUT2D eigenvalue weighted by atomic mass is 79.9. The largest absolute Gasteiger partial charge is 0.480 e. The molecule has 0 aliphatic rings. The number of ether oxygens (including phenoxy) is 1. The summed E-state index contributed by atoms with van der Waals surface area (Å²) in [6, 6.07) is 8.23. The van der Waals surface area contributed by atoms with Gasteiger partial charge in [-0.25, -0.2) is 4.79 Å². The lowest BCUT2D eigenvalue weighted by atomic mass is 10.2. The van der Waals surface area contributed by atoms with Crippen molar-refractivity contribution in [2.45, 2.75) is 0 Å². The van der Waals surface area contributed by atoms with Gasteiger partial charge in [-0.05, 0) is 34.1 Å². The lowest BCUT2D eigenvalue weighted by Gasteiger charge is -2.11. The van der Waals surface area contributed by atoms with Crippen molar-refractivity contribution in [3.8, 4) is 5.75 Å². The summed E-state index contributed by atoms with van der Waals surface area (Å²) in [5, 5.41) is 11.3. The van der Waals surface area contributed by atoms with E-state index in [1.807, 2.05) is 0 Å². The molecule has 0 fully saturated rings. The fraction of sp³-hybridized carbons (Fsp3) is 0.0714. The normalized spacial score (nSPS) is 9.95. The van der Waals surface area contributed by atoms with Gasteiger partial charge in [0.1, 0.15) is 5.75 Å². The van der Waals surface area contributed by atoms with E-state index in [-0.39, 0.29) is 11.7 Å². The third-order valence-electron chi connectivity index (χ3n) is 2.45. The van der Waals surface area contributed by atoms with Crippen LogP contribution < -0.4 is 10.1 Å². The lowest BCUT2D eigenvalue weighted by molar-refractivity contribution is -0.139. The number of rotatable bonds is 5. The van der Waals surface area contributed by atoms with E-state index in [4.69, 9.17) is 9.84 Å². The van der Waals surface area contributed by atoms with E-state index in [9.17, 15) is 9.59 Å². The molecule has 0 spiro atoms. The minimum absolute atomic E-state index is 0.288. The number of para-hydroxylation sites is 2. The molecule has 0 bridgehead atoms. The van der Waals surface area contributed by atoms with Crippen LogP contribution in [-0.4, -0.2) is 28.6 Å². The number of carboxylic acids is 1. The fourth-order valence-corrected chi connectivity index (χ4v) is 1.93. The molecule has 0 saturated heterocycles. The van der Waals surface area contributed by atoms with Crippen molar-refractivity contribution in [3.63, 3.8) is 0 Å². The van der Waals surface area contributed by atoms with Gasteiger partial charge in [0.15, 0.2) is 6.61 Å². The van der Waals surface area contributed by atoms with Crippen LogP contribution in [-0.2, 0) is 4.79 Å². The van der Waals surface area contributed by atoms with Crippen LogP contribution >= 0.6 is 15.9 Å². The molecule has 0 aliphatic heterocycles. The molecule has 2 N–H and O–H groups in total. The average Bonchev–Trinajstić information content (AvgIpc) is 2.46. The summed E-state index contributed by atoms with van der Waals surface area (Å²) in [6.45, 7) is -0.481. The van der Waals surface area contributed by atoms with E-state index >= 15 is 0 Å². The van der Waals surface area contributed by atoms with Crippen molar-refractivity contribution in [1.82, 2.24) is 4.98 Å². The number of nitrogens with one attached hydrogen (secondary N) is 1. The van der Waals surface area contributed by atoms with Gasteiger partial charge in [-0.15, -0.1) is 0 Å². The van der Waals surface area contributed by atoms with E-state index in [2.05, 4.69) is 26.2 Å². The molecule has 0 atom stereocenters. The van der Waals surface area contributed by atoms with Crippen LogP contribution in [0.15, 0.2) is 47.2 Å². The summed E-state index contributed by atoms with van der Waals surface area (Å²) in [7, 11) is 0. The molecule has 1 aromatic heterocycles. The molecule has 1 aromatic carbocycles. The van der Waals surface area contributed by atoms with Gasteiger partial charge in [0, 0.05) is 16.9 Å². The molecule has 1 heterocycles. The van der Waals surface area contributed by atoms with E-state index < -0.39 is 12.6 Å². The van der Waals surface area contributed by atoms with Crippen LogP contribution in [0.4, 0.5) is 5.69 Å². The SMILES string of the molecule is O=C(O)COc1ccccc1NC(=O)c1cncc(Br)c1. The van der Waals surface area contributed by atoms with E-state index in [1.54, 1.807) is 36.5 Å². The number of carboxylic acid groups (broad SMARTS) is 1. The molecule has 0 unspecified atom stereocenters. The van der Waals surface area contributed by atoms with Gasteiger partial charge < -0.3 is 15.2 Å². The minimum atomic E-state index is -1.09. The van der Waals surface area contributed by atoms with Crippen molar-refractivity contribution < 1.29 is 19.4 Å². The van der Waals surface area contributed by atoms with E-state index in [0.29, 0.717) is 15.7 Å². The van der Waals surface area contributed by atoms with Gasteiger partial charge in [0.05, 0.1) is 11.3 Å². The topological polar surface area (TPSA) is 88.5 Å². The van der Waals surface area contributed by atoms with Gasteiger partial charge in [0.2, 0.25) is 0 Å². The summed E-state index contributed by atoms with van der Waals surface area (Å²) < 4.78 is 5.81. The predicted molar refractivity (Wildman–Crippen MR) is 79.5 cm³/mol. The zero-order chi connectivity index (χ0) is 15.2. The molecule has 6 nitrogen and oxygen atoms in total. The maximum atomic E-state index is 12.1. The summed E-state index contributed by atoms with van der Waals surface area (Å²) in [4.78, 5) is 26.6. The Morgan fingerprint density at radius 2 is 2.05 bits per heavy atom. The Morgan fingerprint density at radius 3 is 2.76 bits per heavy atom. The quantitative estimate of drug-likeness (QED) is 0.864. The number of aliphatic carboxylic acids is 1. The number of halogens is 1. The smallest absolute Gasteiger partial charge is 0.341 e. The summed E-state index contributed by atoms with van der Waals surface area (Å²) in [5.74, 6) is -1.17. The molecule has 1 amide bonds. The van der Waals surface area contributed by atoms with Crippen molar-refractivity contribution in [3.05, 3.63) is 52.8 Å². The summed E-state index contributed by atoms with van der Waals surface area (Å²) in [6.07, 6.45) is 3.00. The van der Waals surface area contributed by atoms with Crippen LogP contribution in [0.2, 0.25) is 0 Å². The van der Waals surface area contributed by atoms with Gasteiger partial charge in [-0.1, -0.05) is 12.1 Å². The second kappa shape index (κ2) is 6.85. The number of carbonyl (C=O) groups excluding carboxylic acids is 1. The molecule has 108 valence electrons. The molecule has 21 heavy (non-hydrogen) atoms. The molecule has 0 radical (unpaired) electrons. The van der Waals surface area contributed by atoms with Gasteiger partial charge in [0.25, 0.3) is 5.91 Å². The second-order valence-electron chi connectivity index (χ2n) is 4.02. The monoisotopic (exact) mass is 350 g/mol. The molecular weight excluding hydrogens is 340 g/mol. The first kappa shape index (κ1) is 15.0. The first-order valence-corrected chi connectivity index (χ1v) is 6.71. The molecular formula is C14H11BrN2O4. The number of amides is 1. The Kier molecular flexibility index (Phi) is 4.89. The van der Waals surface area contributed by atoms with Crippen LogP contribution in [0.5, 0.6) is 5.75 Å².